The largest absolute Gasteiger partial charge is 0.406 e. The van der Waals surface area contributed by atoms with Crippen molar-refractivity contribution in [1.82, 2.24) is 4.90 Å². The lowest BCUT2D eigenvalue weighted by Crippen LogP contribution is -2.44. The maximum absolute atomic E-state index is 12.3. The van der Waals surface area contributed by atoms with Crippen LogP contribution in [0.1, 0.15) is 12.8 Å². The molecule has 1 rings (SSSR count). The van der Waals surface area contributed by atoms with Gasteiger partial charge in [-0.15, -0.1) is 6.58 Å². The zero-order valence-corrected chi connectivity index (χ0v) is 9.95. The summed E-state index contributed by atoms with van der Waals surface area (Å²) >= 11 is 0. The van der Waals surface area contributed by atoms with Gasteiger partial charge in [0.25, 0.3) is 5.91 Å². The van der Waals surface area contributed by atoms with Crippen molar-refractivity contribution in [1.29, 1.82) is 0 Å². The molecule has 2 N–H and O–H groups in total. The average Bonchev–Trinajstić information content (AvgIpc) is 2.74. The first kappa shape index (κ1) is 15.0. The van der Waals surface area contributed by atoms with E-state index in [4.69, 9.17) is 10.5 Å². The maximum atomic E-state index is 12.3. The summed E-state index contributed by atoms with van der Waals surface area (Å²) < 4.78 is 42.3. The number of nitrogens with zero attached hydrogens (tertiary/aromatic N) is 1. The van der Waals surface area contributed by atoms with Gasteiger partial charge in [-0.25, -0.2) is 0 Å². The molecular formula is C11H17F3N2O2. The molecule has 0 radical (unpaired) electrons. The van der Waals surface area contributed by atoms with Crippen LogP contribution < -0.4 is 5.73 Å². The highest BCUT2D eigenvalue weighted by molar-refractivity contribution is 5.81. The van der Waals surface area contributed by atoms with Crippen LogP contribution in [0.2, 0.25) is 0 Å². The second-order valence-corrected chi connectivity index (χ2v) is 4.18. The highest BCUT2D eigenvalue weighted by atomic mass is 19.4. The van der Waals surface area contributed by atoms with Crippen LogP contribution in [-0.2, 0) is 9.53 Å². The summed E-state index contributed by atoms with van der Waals surface area (Å²) in [5.41, 5.74) is 5.39. The maximum Gasteiger partial charge on any atom is 0.406 e. The van der Waals surface area contributed by atoms with Crippen LogP contribution in [0.5, 0.6) is 0 Å². The van der Waals surface area contributed by atoms with Crippen molar-refractivity contribution in [2.45, 2.75) is 31.2 Å². The number of hydrogen-bond donors (Lipinski definition) is 1. The SMILES string of the molecule is C=CCN(CC(F)(F)F)C(=O)[C@@H]1CC[C@H](CN)O1. The minimum absolute atomic E-state index is 0.147. The Kier molecular flexibility index (Phi) is 5.15. The Bertz CT molecular complexity index is 307. The quantitative estimate of drug-likeness (QED) is 0.757. The smallest absolute Gasteiger partial charge is 0.364 e. The zero-order chi connectivity index (χ0) is 13.8. The van der Waals surface area contributed by atoms with E-state index < -0.39 is 24.7 Å². The molecule has 2 atom stereocenters. The second-order valence-electron chi connectivity index (χ2n) is 4.18. The first-order valence-electron chi connectivity index (χ1n) is 5.69. The summed E-state index contributed by atoms with van der Waals surface area (Å²) in [6.07, 6.45) is -3.22. The molecule has 18 heavy (non-hydrogen) atoms. The molecule has 1 saturated heterocycles. The van der Waals surface area contributed by atoms with Gasteiger partial charge in [0.1, 0.15) is 12.6 Å². The van der Waals surface area contributed by atoms with Crippen molar-refractivity contribution in [3.63, 3.8) is 0 Å². The van der Waals surface area contributed by atoms with Gasteiger partial charge in [0.05, 0.1) is 6.10 Å². The Morgan fingerprint density at radius 1 is 1.50 bits per heavy atom. The third-order valence-electron chi connectivity index (χ3n) is 2.68. The van der Waals surface area contributed by atoms with E-state index in [0.717, 1.165) is 0 Å². The summed E-state index contributed by atoms with van der Waals surface area (Å²) in [7, 11) is 0. The predicted molar refractivity (Wildman–Crippen MR) is 59.8 cm³/mol. The van der Waals surface area contributed by atoms with E-state index in [9.17, 15) is 18.0 Å². The minimum atomic E-state index is -4.43. The number of nitrogens with two attached hydrogens (primary N) is 1. The number of alkyl halides is 3. The van der Waals surface area contributed by atoms with E-state index in [1.54, 1.807) is 0 Å². The van der Waals surface area contributed by atoms with Crippen LogP contribution in [-0.4, -0.2) is 48.8 Å². The number of carbonyl (C=O) groups excluding carboxylic acids is 1. The third-order valence-corrected chi connectivity index (χ3v) is 2.68. The van der Waals surface area contributed by atoms with Crippen molar-refractivity contribution in [3.05, 3.63) is 12.7 Å². The van der Waals surface area contributed by atoms with Gasteiger partial charge in [-0.2, -0.15) is 13.2 Å². The van der Waals surface area contributed by atoms with Crippen LogP contribution in [0.25, 0.3) is 0 Å². The molecule has 4 nitrogen and oxygen atoms in total. The van der Waals surface area contributed by atoms with Crippen molar-refractivity contribution in [2.24, 2.45) is 5.73 Å². The van der Waals surface area contributed by atoms with E-state index in [2.05, 4.69) is 6.58 Å². The van der Waals surface area contributed by atoms with E-state index in [-0.39, 0.29) is 19.2 Å². The lowest BCUT2D eigenvalue weighted by atomic mass is 10.2. The highest BCUT2D eigenvalue weighted by Crippen LogP contribution is 2.23. The van der Waals surface area contributed by atoms with Crippen LogP contribution in [0.15, 0.2) is 12.7 Å². The molecule has 1 amide bonds. The molecule has 7 heteroatoms. The number of halogens is 3. The fourth-order valence-corrected chi connectivity index (χ4v) is 1.87. The van der Waals surface area contributed by atoms with Gasteiger partial charge in [-0.3, -0.25) is 4.79 Å². The van der Waals surface area contributed by atoms with Gasteiger partial charge >= 0.3 is 6.18 Å². The molecular weight excluding hydrogens is 249 g/mol. The van der Waals surface area contributed by atoms with Crippen LogP contribution in [0, 0.1) is 0 Å². The molecule has 1 aliphatic heterocycles. The van der Waals surface area contributed by atoms with Gasteiger partial charge in [0, 0.05) is 13.1 Å². The summed E-state index contributed by atoms with van der Waals surface area (Å²) in [6.45, 7) is 2.18. The predicted octanol–water partition coefficient (Wildman–Crippen LogP) is 1.07. The third kappa shape index (κ3) is 4.30. The fraction of sp³-hybridized carbons (Fsp3) is 0.727. The molecule has 0 saturated carbocycles. The number of hydrogen-bond acceptors (Lipinski definition) is 3. The standard InChI is InChI=1S/C11H17F3N2O2/c1-2-5-16(7-11(12,13)14)10(17)9-4-3-8(6-15)18-9/h2,8-9H,1,3-7,15H2/t8-,9+/m1/s1. The summed E-state index contributed by atoms with van der Waals surface area (Å²) in [6, 6.07) is 0. The Morgan fingerprint density at radius 3 is 2.61 bits per heavy atom. The molecule has 1 heterocycles. The van der Waals surface area contributed by atoms with Crippen molar-refractivity contribution >= 4 is 5.91 Å². The van der Waals surface area contributed by atoms with Crippen LogP contribution in [0.3, 0.4) is 0 Å². The van der Waals surface area contributed by atoms with Gasteiger partial charge in [0.2, 0.25) is 0 Å². The Labute approximate surface area is 104 Å². The Morgan fingerprint density at radius 2 is 2.17 bits per heavy atom. The molecule has 0 aromatic rings. The highest BCUT2D eigenvalue weighted by Gasteiger charge is 2.37. The summed E-state index contributed by atoms with van der Waals surface area (Å²) in [4.78, 5) is 12.6. The molecule has 0 bridgehead atoms. The van der Waals surface area contributed by atoms with Gasteiger partial charge in [0.15, 0.2) is 0 Å². The van der Waals surface area contributed by atoms with Gasteiger partial charge < -0.3 is 15.4 Å². The fourth-order valence-electron chi connectivity index (χ4n) is 1.87. The second kappa shape index (κ2) is 6.19. The molecule has 1 fully saturated rings. The van der Waals surface area contributed by atoms with E-state index in [1.807, 2.05) is 0 Å². The zero-order valence-electron chi connectivity index (χ0n) is 9.95. The summed E-state index contributed by atoms with van der Waals surface area (Å²) in [5.74, 6) is -0.650. The topological polar surface area (TPSA) is 55.6 Å². The van der Waals surface area contributed by atoms with Gasteiger partial charge in [-0.1, -0.05) is 6.08 Å². The van der Waals surface area contributed by atoms with E-state index >= 15 is 0 Å². The summed E-state index contributed by atoms with van der Waals surface area (Å²) in [5, 5.41) is 0. The van der Waals surface area contributed by atoms with Crippen LogP contribution in [0.4, 0.5) is 13.2 Å². The first-order valence-corrected chi connectivity index (χ1v) is 5.69. The number of ether oxygens (including phenoxy) is 1. The molecule has 0 spiro atoms. The lowest BCUT2D eigenvalue weighted by molar-refractivity contribution is -0.166. The number of amides is 1. The molecule has 104 valence electrons. The van der Waals surface area contributed by atoms with Crippen molar-refractivity contribution in [2.75, 3.05) is 19.6 Å². The molecule has 1 aliphatic rings. The van der Waals surface area contributed by atoms with E-state index in [1.165, 1.54) is 6.08 Å². The molecule has 0 aromatic heterocycles. The number of rotatable bonds is 5. The monoisotopic (exact) mass is 266 g/mol. The molecule has 0 aliphatic carbocycles. The normalized spacial score (nSPS) is 24.0. The Hall–Kier alpha value is -1.08. The first-order chi connectivity index (χ1) is 8.37. The molecule has 0 unspecified atom stereocenters. The molecule has 0 aromatic carbocycles. The van der Waals surface area contributed by atoms with E-state index in [0.29, 0.717) is 17.7 Å². The average molecular weight is 266 g/mol. The van der Waals surface area contributed by atoms with Crippen molar-refractivity contribution < 1.29 is 22.7 Å². The van der Waals surface area contributed by atoms with Gasteiger partial charge in [-0.05, 0) is 12.8 Å². The minimum Gasteiger partial charge on any atom is -0.364 e. The number of carbonyl (C=O) groups is 1. The Balaban J connectivity index is 2.62. The van der Waals surface area contributed by atoms with Crippen molar-refractivity contribution in [3.8, 4) is 0 Å². The van der Waals surface area contributed by atoms with Crippen LogP contribution >= 0.6 is 0 Å². The lowest BCUT2D eigenvalue weighted by Gasteiger charge is -2.25.